The van der Waals surface area contributed by atoms with Crippen LogP contribution in [0.4, 0.5) is 4.39 Å². The van der Waals surface area contributed by atoms with Crippen molar-refractivity contribution in [1.29, 1.82) is 0 Å². The first kappa shape index (κ1) is 17.7. The summed E-state index contributed by atoms with van der Waals surface area (Å²) >= 11 is 11.7. The van der Waals surface area contributed by atoms with Crippen LogP contribution >= 0.6 is 23.2 Å². The van der Waals surface area contributed by atoms with E-state index in [1.165, 1.54) is 13.8 Å². The molecule has 4 nitrogen and oxygen atoms in total. The molecule has 0 aliphatic rings. The Bertz CT molecular complexity index is 580. The molecule has 1 aromatic carbocycles. The molecule has 0 heterocycles. The molecule has 1 rings (SSSR count). The van der Waals surface area contributed by atoms with Crippen LogP contribution in [0.2, 0.25) is 10.0 Å². The number of hydrogen-bond acceptors (Lipinski definition) is 2. The lowest BCUT2D eigenvalue weighted by Gasteiger charge is -2.38. The number of hydrogen-bond donors (Lipinski definition) is 1. The maximum Gasteiger partial charge on any atom is 0.334 e. The molecule has 0 aromatic heterocycles. The average Bonchev–Trinajstić information content (AvgIpc) is 2.38. The monoisotopic (exact) mass is 335 g/mol. The molecule has 0 aliphatic carbocycles. The number of amides is 1. The number of carbonyl (C=O) groups is 2. The van der Waals surface area contributed by atoms with E-state index < -0.39 is 23.2 Å². The Balaban J connectivity index is 3.57. The standard InChI is InChI=1S/C14H16Cl2FNO3/c1-4-5-18(8(2)19)14(3,13(20)21)9-6-12(17)11(16)7-10(9)15/h6-7H,4-5H2,1-3H3,(H,20,21). The topological polar surface area (TPSA) is 57.6 Å². The van der Waals surface area contributed by atoms with Gasteiger partial charge in [-0.3, -0.25) is 4.79 Å². The fourth-order valence-electron chi connectivity index (χ4n) is 2.19. The average molecular weight is 336 g/mol. The third kappa shape index (κ3) is 3.30. The highest BCUT2D eigenvalue weighted by molar-refractivity contribution is 6.35. The molecule has 1 atom stereocenters. The number of rotatable bonds is 5. The molecule has 0 fully saturated rings. The van der Waals surface area contributed by atoms with E-state index in [2.05, 4.69) is 0 Å². The molecule has 7 heteroatoms. The first-order valence-corrected chi connectivity index (χ1v) is 7.08. The van der Waals surface area contributed by atoms with Gasteiger partial charge in [0, 0.05) is 24.1 Å². The van der Waals surface area contributed by atoms with Gasteiger partial charge in [-0.15, -0.1) is 0 Å². The highest BCUT2D eigenvalue weighted by atomic mass is 35.5. The molecular formula is C14H16Cl2FNO3. The van der Waals surface area contributed by atoms with Crippen LogP contribution in [0, 0.1) is 5.82 Å². The zero-order valence-electron chi connectivity index (χ0n) is 11.9. The minimum atomic E-state index is -1.77. The van der Waals surface area contributed by atoms with E-state index in [-0.39, 0.29) is 22.2 Å². The summed E-state index contributed by atoms with van der Waals surface area (Å²) in [5.41, 5.74) is -1.79. The second-order valence-electron chi connectivity index (χ2n) is 4.79. The van der Waals surface area contributed by atoms with E-state index in [0.29, 0.717) is 6.42 Å². The van der Waals surface area contributed by atoms with E-state index in [4.69, 9.17) is 23.2 Å². The zero-order chi connectivity index (χ0) is 16.4. The van der Waals surface area contributed by atoms with Crippen LogP contribution < -0.4 is 0 Å². The van der Waals surface area contributed by atoms with E-state index in [0.717, 1.165) is 17.0 Å². The maximum absolute atomic E-state index is 13.7. The number of aliphatic carboxylic acids is 1. The molecule has 21 heavy (non-hydrogen) atoms. The summed E-state index contributed by atoms with van der Waals surface area (Å²) in [4.78, 5) is 24.8. The van der Waals surface area contributed by atoms with Crippen LogP contribution in [0.3, 0.4) is 0 Å². The second kappa shape index (κ2) is 6.62. The summed E-state index contributed by atoms with van der Waals surface area (Å²) in [5.74, 6) is -2.52. The number of halogens is 3. The van der Waals surface area contributed by atoms with Gasteiger partial charge in [0.1, 0.15) is 5.82 Å². The van der Waals surface area contributed by atoms with Crippen molar-refractivity contribution in [3.63, 3.8) is 0 Å². The highest BCUT2D eigenvalue weighted by Gasteiger charge is 2.44. The van der Waals surface area contributed by atoms with Gasteiger partial charge < -0.3 is 10.0 Å². The van der Waals surface area contributed by atoms with Crippen LogP contribution in [0.25, 0.3) is 0 Å². The third-order valence-corrected chi connectivity index (χ3v) is 3.92. The summed E-state index contributed by atoms with van der Waals surface area (Å²) in [5, 5.41) is 9.40. The molecule has 1 unspecified atom stereocenters. The molecule has 0 saturated heterocycles. The van der Waals surface area contributed by atoms with Crippen LogP contribution in [0.1, 0.15) is 32.8 Å². The lowest BCUT2D eigenvalue weighted by atomic mass is 9.89. The van der Waals surface area contributed by atoms with Gasteiger partial charge in [0.05, 0.1) is 5.02 Å². The van der Waals surface area contributed by atoms with Gasteiger partial charge in [-0.25, -0.2) is 9.18 Å². The Morgan fingerprint density at radius 2 is 1.90 bits per heavy atom. The highest BCUT2D eigenvalue weighted by Crippen LogP contribution is 2.36. The molecule has 1 amide bonds. The van der Waals surface area contributed by atoms with Gasteiger partial charge in [-0.1, -0.05) is 30.1 Å². The molecule has 0 aliphatic heterocycles. The maximum atomic E-state index is 13.7. The third-order valence-electron chi connectivity index (χ3n) is 3.32. The van der Waals surface area contributed by atoms with Crippen LogP contribution in [-0.2, 0) is 15.1 Å². The van der Waals surface area contributed by atoms with Crippen molar-refractivity contribution < 1.29 is 19.1 Å². The molecule has 0 spiro atoms. The Morgan fingerprint density at radius 1 is 1.33 bits per heavy atom. The fraction of sp³-hybridized carbons (Fsp3) is 0.429. The van der Waals surface area contributed by atoms with Crippen molar-refractivity contribution in [2.45, 2.75) is 32.7 Å². The largest absolute Gasteiger partial charge is 0.479 e. The lowest BCUT2D eigenvalue weighted by Crippen LogP contribution is -2.52. The molecule has 0 saturated carbocycles. The van der Waals surface area contributed by atoms with Crippen LogP contribution in [0.15, 0.2) is 12.1 Å². The van der Waals surface area contributed by atoms with Crippen LogP contribution in [0.5, 0.6) is 0 Å². The molecule has 0 bridgehead atoms. The number of nitrogens with zero attached hydrogens (tertiary/aromatic N) is 1. The van der Waals surface area contributed by atoms with Gasteiger partial charge in [0.25, 0.3) is 0 Å². The predicted octanol–water partition coefficient (Wildman–Crippen LogP) is 3.69. The van der Waals surface area contributed by atoms with E-state index in [1.807, 2.05) is 6.92 Å². The SMILES string of the molecule is CCCN(C(C)=O)C(C)(C(=O)O)c1cc(F)c(Cl)cc1Cl. The summed E-state index contributed by atoms with van der Waals surface area (Å²) in [7, 11) is 0. The lowest BCUT2D eigenvalue weighted by molar-refractivity contribution is -0.158. The smallest absolute Gasteiger partial charge is 0.334 e. The van der Waals surface area contributed by atoms with E-state index in [9.17, 15) is 19.1 Å². The van der Waals surface area contributed by atoms with Gasteiger partial charge in [0.15, 0.2) is 5.54 Å². The van der Waals surface area contributed by atoms with E-state index in [1.54, 1.807) is 0 Å². The minimum absolute atomic E-state index is 0.00588. The van der Waals surface area contributed by atoms with Crippen molar-refractivity contribution in [3.8, 4) is 0 Å². The summed E-state index contributed by atoms with van der Waals surface area (Å²) < 4.78 is 13.7. The Kier molecular flexibility index (Phi) is 5.59. The van der Waals surface area contributed by atoms with Crippen molar-refractivity contribution in [2.24, 2.45) is 0 Å². The summed E-state index contributed by atoms with van der Waals surface area (Å²) in [6.07, 6.45) is 0.552. The molecule has 1 N–H and O–H groups in total. The van der Waals surface area contributed by atoms with Crippen LogP contribution in [-0.4, -0.2) is 28.4 Å². The minimum Gasteiger partial charge on any atom is -0.479 e. The fourth-order valence-corrected chi connectivity index (χ4v) is 2.76. The second-order valence-corrected chi connectivity index (χ2v) is 5.61. The predicted molar refractivity (Wildman–Crippen MR) is 79.1 cm³/mol. The molecule has 1 aromatic rings. The Hall–Kier alpha value is -1.33. The summed E-state index contributed by atoms with van der Waals surface area (Å²) in [6, 6.07) is 2.10. The number of carbonyl (C=O) groups excluding carboxylic acids is 1. The number of carboxylic acid groups (broad SMARTS) is 1. The van der Waals surface area contributed by atoms with Gasteiger partial charge in [0.2, 0.25) is 5.91 Å². The molecular weight excluding hydrogens is 320 g/mol. The molecule has 116 valence electrons. The van der Waals surface area contributed by atoms with Gasteiger partial charge in [-0.05, 0) is 25.5 Å². The first-order chi connectivity index (χ1) is 9.66. The normalized spacial score (nSPS) is 13.6. The van der Waals surface area contributed by atoms with Crippen molar-refractivity contribution in [3.05, 3.63) is 33.6 Å². The summed E-state index contributed by atoms with van der Waals surface area (Å²) in [6.45, 7) is 4.60. The molecule has 0 radical (unpaired) electrons. The van der Waals surface area contributed by atoms with Crippen molar-refractivity contribution >= 4 is 35.1 Å². The van der Waals surface area contributed by atoms with Gasteiger partial charge in [-0.2, -0.15) is 0 Å². The number of carboxylic acids is 1. The first-order valence-electron chi connectivity index (χ1n) is 6.32. The number of benzene rings is 1. The van der Waals surface area contributed by atoms with Crippen molar-refractivity contribution in [2.75, 3.05) is 6.54 Å². The quantitative estimate of drug-likeness (QED) is 0.835. The Morgan fingerprint density at radius 3 is 2.33 bits per heavy atom. The Labute approximate surface area is 132 Å². The van der Waals surface area contributed by atoms with E-state index >= 15 is 0 Å². The zero-order valence-corrected chi connectivity index (χ0v) is 13.4. The van der Waals surface area contributed by atoms with Crippen molar-refractivity contribution in [1.82, 2.24) is 4.90 Å². The van der Waals surface area contributed by atoms with Gasteiger partial charge >= 0.3 is 5.97 Å².